The number of sulfonamides is 1. The number of aryl methyl sites for hydroxylation is 2. The lowest BCUT2D eigenvalue weighted by atomic mass is 10.1. The van der Waals surface area contributed by atoms with Gasteiger partial charge in [0, 0.05) is 7.05 Å². The first-order valence-electron chi connectivity index (χ1n) is 5.33. The Labute approximate surface area is 108 Å². The summed E-state index contributed by atoms with van der Waals surface area (Å²) in [6.45, 7) is 3.31. The molecule has 0 radical (unpaired) electrons. The lowest BCUT2D eigenvalue weighted by Crippen LogP contribution is -2.27. The molecule has 0 atom stereocenters. The van der Waals surface area contributed by atoms with E-state index in [-0.39, 0.29) is 11.4 Å². The SMILES string of the molecule is COc1cc(C)c(S(=O)(=O)N(C)CC#N)cc1C. The fourth-order valence-corrected chi connectivity index (χ4v) is 2.97. The van der Waals surface area contributed by atoms with Crippen molar-refractivity contribution in [3.05, 3.63) is 23.3 Å². The van der Waals surface area contributed by atoms with E-state index in [1.165, 1.54) is 14.2 Å². The lowest BCUT2D eigenvalue weighted by Gasteiger charge is -2.17. The molecule has 5 nitrogen and oxygen atoms in total. The third kappa shape index (κ3) is 2.63. The minimum Gasteiger partial charge on any atom is -0.496 e. The quantitative estimate of drug-likeness (QED) is 0.775. The Balaban J connectivity index is 3.35. The van der Waals surface area contributed by atoms with Gasteiger partial charge in [-0.1, -0.05) is 0 Å². The van der Waals surface area contributed by atoms with Gasteiger partial charge < -0.3 is 4.74 Å². The normalized spacial score (nSPS) is 11.3. The first kappa shape index (κ1) is 14.5. The Hall–Kier alpha value is -1.58. The summed E-state index contributed by atoms with van der Waals surface area (Å²) in [6.07, 6.45) is 0. The molecule has 0 unspecified atom stereocenters. The van der Waals surface area contributed by atoms with Crippen LogP contribution in [0.5, 0.6) is 5.75 Å². The Kier molecular flexibility index (Phi) is 4.33. The standard InChI is InChI=1S/C12H16N2O3S/c1-9-8-12(10(2)7-11(9)17-4)18(15,16)14(3)6-5-13/h7-8H,6H2,1-4H3. The van der Waals surface area contributed by atoms with Crippen molar-refractivity contribution in [2.24, 2.45) is 0 Å². The van der Waals surface area contributed by atoms with Crippen LogP contribution in [0.2, 0.25) is 0 Å². The second kappa shape index (κ2) is 5.38. The molecule has 0 N–H and O–H groups in total. The first-order valence-corrected chi connectivity index (χ1v) is 6.77. The fourth-order valence-electron chi connectivity index (χ4n) is 1.61. The zero-order chi connectivity index (χ0) is 13.9. The van der Waals surface area contributed by atoms with Crippen molar-refractivity contribution >= 4 is 10.0 Å². The Morgan fingerprint density at radius 3 is 2.44 bits per heavy atom. The summed E-state index contributed by atoms with van der Waals surface area (Å²) in [7, 11) is -0.698. The summed E-state index contributed by atoms with van der Waals surface area (Å²) >= 11 is 0. The highest BCUT2D eigenvalue weighted by molar-refractivity contribution is 7.89. The van der Waals surface area contributed by atoms with E-state index in [9.17, 15) is 8.42 Å². The average Bonchev–Trinajstić information content (AvgIpc) is 2.31. The molecule has 0 aliphatic rings. The van der Waals surface area contributed by atoms with Gasteiger partial charge in [-0.25, -0.2) is 8.42 Å². The Morgan fingerprint density at radius 2 is 1.94 bits per heavy atom. The summed E-state index contributed by atoms with van der Waals surface area (Å²) < 4.78 is 30.6. The number of hydrogen-bond acceptors (Lipinski definition) is 4. The molecule has 6 heteroatoms. The predicted molar refractivity (Wildman–Crippen MR) is 67.9 cm³/mol. The monoisotopic (exact) mass is 268 g/mol. The van der Waals surface area contributed by atoms with Crippen molar-refractivity contribution in [1.29, 1.82) is 5.26 Å². The Morgan fingerprint density at radius 1 is 1.33 bits per heavy atom. The second-order valence-corrected chi connectivity index (χ2v) is 6.02. The minimum absolute atomic E-state index is 0.174. The zero-order valence-corrected chi connectivity index (χ0v) is 11.7. The maximum absolute atomic E-state index is 12.2. The van der Waals surface area contributed by atoms with E-state index in [1.807, 2.05) is 6.07 Å². The smallest absolute Gasteiger partial charge is 0.244 e. The van der Waals surface area contributed by atoms with Crippen molar-refractivity contribution in [3.8, 4) is 11.8 Å². The van der Waals surface area contributed by atoms with Crippen molar-refractivity contribution in [3.63, 3.8) is 0 Å². The number of rotatable bonds is 4. The van der Waals surface area contributed by atoms with Gasteiger partial charge in [0.05, 0.1) is 18.1 Å². The van der Waals surface area contributed by atoms with Gasteiger partial charge in [0.15, 0.2) is 0 Å². The molecule has 0 aromatic heterocycles. The van der Waals surface area contributed by atoms with E-state index in [4.69, 9.17) is 10.00 Å². The predicted octanol–water partition coefficient (Wildman–Crippen LogP) is 1.46. The Bertz CT molecular complexity index is 588. The van der Waals surface area contributed by atoms with E-state index >= 15 is 0 Å². The molecule has 1 aromatic carbocycles. The second-order valence-electron chi connectivity index (χ2n) is 4.01. The maximum Gasteiger partial charge on any atom is 0.244 e. The van der Waals surface area contributed by atoms with E-state index < -0.39 is 10.0 Å². The van der Waals surface area contributed by atoms with Crippen LogP contribution in [0.3, 0.4) is 0 Å². The molecule has 1 rings (SSSR count). The molecule has 0 spiro atoms. The molecule has 0 aliphatic heterocycles. The van der Waals surface area contributed by atoms with E-state index in [2.05, 4.69) is 0 Å². The molecule has 98 valence electrons. The molecule has 0 amide bonds. The van der Waals surface area contributed by atoms with Crippen LogP contribution in [-0.4, -0.2) is 33.4 Å². The molecule has 1 aromatic rings. The molecule has 0 bridgehead atoms. The molecule has 0 fully saturated rings. The molecule has 0 heterocycles. The van der Waals surface area contributed by atoms with Crippen molar-refractivity contribution in [1.82, 2.24) is 4.31 Å². The van der Waals surface area contributed by atoms with Gasteiger partial charge >= 0.3 is 0 Å². The summed E-state index contributed by atoms with van der Waals surface area (Å²) in [4.78, 5) is 0.207. The summed E-state index contributed by atoms with van der Waals surface area (Å²) in [5.74, 6) is 0.648. The first-order chi connectivity index (χ1) is 8.34. The largest absolute Gasteiger partial charge is 0.496 e. The minimum atomic E-state index is -3.62. The van der Waals surface area contributed by atoms with Crippen LogP contribution in [0.25, 0.3) is 0 Å². The van der Waals surface area contributed by atoms with Gasteiger partial charge in [-0.3, -0.25) is 0 Å². The van der Waals surface area contributed by atoms with Crippen LogP contribution >= 0.6 is 0 Å². The molecule has 0 aliphatic carbocycles. The summed E-state index contributed by atoms with van der Waals surface area (Å²) in [5.41, 5.74) is 1.34. The van der Waals surface area contributed by atoms with Gasteiger partial charge in [-0.2, -0.15) is 9.57 Å². The summed E-state index contributed by atoms with van der Waals surface area (Å²) in [5, 5.41) is 8.58. The van der Waals surface area contributed by atoms with Gasteiger partial charge in [0.25, 0.3) is 0 Å². The summed E-state index contributed by atoms with van der Waals surface area (Å²) in [6, 6.07) is 5.07. The van der Waals surface area contributed by atoms with Crippen molar-refractivity contribution < 1.29 is 13.2 Å². The van der Waals surface area contributed by atoms with Crippen LogP contribution in [-0.2, 0) is 10.0 Å². The molecule has 18 heavy (non-hydrogen) atoms. The van der Waals surface area contributed by atoms with Crippen LogP contribution in [0, 0.1) is 25.2 Å². The third-order valence-corrected chi connectivity index (χ3v) is 4.62. The topological polar surface area (TPSA) is 70.4 Å². The maximum atomic E-state index is 12.2. The number of nitriles is 1. The van der Waals surface area contributed by atoms with Gasteiger partial charge in [0.1, 0.15) is 12.3 Å². The lowest BCUT2D eigenvalue weighted by molar-refractivity contribution is 0.410. The molecular formula is C12H16N2O3S. The van der Waals surface area contributed by atoms with E-state index in [0.717, 1.165) is 9.87 Å². The zero-order valence-electron chi connectivity index (χ0n) is 10.9. The fraction of sp³-hybridized carbons (Fsp3) is 0.417. The number of benzene rings is 1. The number of ether oxygens (including phenoxy) is 1. The highest BCUT2D eigenvalue weighted by atomic mass is 32.2. The van der Waals surface area contributed by atoms with Gasteiger partial charge in [0.2, 0.25) is 10.0 Å². The highest BCUT2D eigenvalue weighted by Crippen LogP contribution is 2.27. The molecule has 0 saturated heterocycles. The van der Waals surface area contributed by atoms with Crippen LogP contribution in [0.4, 0.5) is 0 Å². The molecular weight excluding hydrogens is 252 g/mol. The van der Waals surface area contributed by atoms with Gasteiger partial charge in [-0.05, 0) is 37.1 Å². The average molecular weight is 268 g/mol. The number of methoxy groups -OCH3 is 1. The van der Waals surface area contributed by atoms with E-state index in [0.29, 0.717) is 11.3 Å². The molecule has 0 saturated carbocycles. The van der Waals surface area contributed by atoms with Crippen LogP contribution in [0.15, 0.2) is 17.0 Å². The third-order valence-electron chi connectivity index (χ3n) is 2.67. The van der Waals surface area contributed by atoms with Crippen molar-refractivity contribution in [2.45, 2.75) is 18.7 Å². The van der Waals surface area contributed by atoms with Crippen LogP contribution < -0.4 is 4.74 Å². The van der Waals surface area contributed by atoms with Crippen LogP contribution in [0.1, 0.15) is 11.1 Å². The van der Waals surface area contributed by atoms with Crippen molar-refractivity contribution in [2.75, 3.05) is 20.7 Å². The van der Waals surface area contributed by atoms with E-state index in [1.54, 1.807) is 26.0 Å². The highest BCUT2D eigenvalue weighted by Gasteiger charge is 2.23. The van der Waals surface area contributed by atoms with Gasteiger partial charge in [-0.15, -0.1) is 0 Å². The number of nitrogens with zero attached hydrogens (tertiary/aromatic N) is 2. The number of hydrogen-bond donors (Lipinski definition) is 0.